The molecule has 8 heteroatoms. The predicted molar refractivity (Wildman–Crippen MR) is 84.3 cm³/mol. The number of piperazine rings is 1. The van der Waals surface area contributed by atoms with E-state index in [1.165, 1.54) is 0 Å². The fraction of sp³-hybridized carbons (Fsp3) is 0.333. The van der Waals surface area contributed by atoms with Gasteiger partial charge in [0.25, 0.3) is 5.91 Å². The van der Waals surface area contributed by atoms with Crippen LogP contribution in [0.25, 0.3) is 5.52 Å². The molecular weight excluding hydrogens is 294 g/mol. The quantitative estimate of drug-likeness (QED) is 0.686. The summed E-state index contributed by atoms with van der Waals surface area (Å²) in [6.45, 7) is 2.84. The van der Waals surface area contributed by atoms with Crippen molar-refractivity contribution in [3.8, 4) is 0 Å². The average molecular weight is 311 g/mol. The largest absolute Gasteiger partial charge is 0.351 e. The van der Waals surface area contributed by atoms with E-state index >= 15 is 0 Å². The fourth-order valence-electron chi connectivity index (χ4n) is 2.95. The van der Waals surface area contributed by atoms with Crippen LogP contribution < -0.4 is 4.90 Å². The number of hydrogen-bond donors (Lipinski definition) is 0. The summed E-state index contributed by atoms with van der Waals surface area (Å²) in [4.78, 5) is 21.1. The Morgan fingerprint density at radius 2 is 1.83 bits per heavy atom. The van der Waals surface area contributed by atoms with E-state index in [1.807, 2.05) is 21.7 Å². The summed E-state index contributed by atoms with van der Waals surface area (Å²) in [5.74, 6) is 0.942. The molecule has 8 nitrogen and oxygen atoms in total. The van der Waals surface area contributed by atoms with E-state index in [9.17, 15) is 4.79 Å². The minimum Gasteiger partial charge on any atom is -0.351 e. The summed E-state index contributed by atoms with van der Waals surface area (Å²) >= 11 is 0. The lowest BCUT2D eigenvalue weighted by Gasteiger charge is -2.35. The molecule has 1 aliphatic rings. The van der Waals surface area contributed by atoms with Crippen LogP contribution in [-0.2, 0) is 7.05 Å². The summed E-state index contributed by atoms with van der Waals surface area (Å²) in [7, 11) is 1.79. The van der Waals surface area contributed by atoms with Gasteiger partial charge in [-0.1, -0.05) is 0 Å². The van der Waals surface area contributed by atoms with Crippen molar-refractivity contribution in [1.82, 2.24) is 29.3 Å². The minimum atomic E-state index is 0.0279. The monoisotopic (exact) mass is 311 g/mol. The molecule has 0 unspecified atom stereocenters. The Morgan fingerprint density at radius 3 is 2.57 bits per heavy atom. The molecule has 1 aliphatic heterocycles. The van der Waals surface area contributed by atoms with E-state index in [-0.39, 0.29) is 5.91 Å². The molecule has 118 valence electrons. The molecule has 0 atom stereocenters. The second-order valence-electron chi connectivity index (χ2n) is 5.53. The molecule has 3 aromatic heterocycles. The van der Waals surface area contributed by atoms with Crippen LogP contribution in [0.15, 0.2) is 36.9 Å². The number of fused-ring (bicyclic) bond motifs is 1. The normalized spacial score (nSPS) is 15.3. The lowest BCUT2D eigenvalue weighted by molar-refractivity contribution is 0.0735. The van der Waals surface area contributed by atoms with Crippen molar-refractivity contribution < 1.29 is 4.79 Å². The molecule has 0 N–H and O–H groups in total. The highest BCUT2D eigenvalue weighted by Crippen LogP contribution is 2.20. The van der Waals surface area contributed by atoms with Gasteiger partial charge < -0.3 is 9.80 Å². The van der Waals surface area contributed by atoms with Gasteiger partial charge >= 0.3 is 0 Å². The number of hydrogen-bond acceptors (Lipinski definition) is 5. The van der Waals surface area contributed by atoms with Gasteiger partial charge in [0.2, 0.25) is 0 Å². The number of anilines is 1. The number of aromatic nitrogens is 5. The minimum absolute atomic E-state index is 0.0279. The van der Waals surface area contributed by atoms with Crippen molar-refractivity contribution in [2.75, 3.05) is 31.1 Å². The number of nitrogens with zero attached hydrogens (tertiary/aromatic N) is 7. The van der Waals surface area contributed by atoms with Gasteiger partial charge in [-0.25, -0.2) is 9.50 Å². The third kappa shape index (κ3) is 2.32. The molecule has 0 aromatic carbocycles. The third-order valence-corrected chi connectivity index (χ3v) is 4.21. The molecule has 0 spiro atoms. The first-order valence-corrected chi connectivity index (χ1v) is 7.54. The van der Waals surface area contributed by atoms with E-state index in [0.717, 1.165) is 24.4 Å². The number of rotatable bonds is 2. The number of carbonyl (C=O) groups is 1. The van der Waals surface area contributed by atoms with Crippen LogP contribution in [0.4, 0.5) is 5.82 Å². The smallest absolute Gasteiger partial charge is 0.272 e. The van der Waals surface area contributed by atoms with Gasteiger partial charge in [0.15, 0.2) is 5.82 Å². The number of carbonyl (C=O) groups excluding carboxylic acids is 1. The zero-order valence-corrected chi connectivity index (χ0v) is 12.8. The van der Waals surface area contributed by atoms with Gasteiger partial charge in [0, 0.05) is 51.8 Å². The lowest BCUT2D eigenvalue weighted by Crippen LogP contribution is -2.49. The van der Waals surface area contributed by atoms with Crippen molar-refractivity contribution in [2.24, 2.45) is 7.05 Å². The first-order chi connectivity index (χ1) is 11.2. The average Bonchev–Trinajstić information content (AvgIpc) is 3.22. The highest BCUT2D eigenvalue weighted by molar-refractivity contribution is 5.92. The van der Waals surface area contributed by atoms with Crippen LogP contribution in [-0.4, -0.2) is 61.4 Å². The summed E-state index contributed by atoms with van der Waals surface area (Å²) in [5, 5.41) is 8.30. The Bertz CT molecular complexity index is 844. The van der Waals surface area contributed by atoms with Crippen molar-refractivity contribution in [3.63, 3.8) is 0 Å². The van der Waals surface area contributed by atoms with Crippen LogP contribution in [0.3, 0.4) is 0 Å². The SMILES string of the molecule is Cn1nccc1C(=O)N1CCN(c2nccn3nccc23)CC1. The Morgan fingerprint density at radius 1 is 1.04 bits per heavy atom. The molecular formula is C15H17N7O. The van der Waals surface area contributed by atoms with Gasteiger partial charge in [0.05, 0.1) is 6.20 Å². The number of aryl methyl sites for hydroxylation is 1. The molecule has 0 bridgehead atoms. The molecule has 1 saturated heterocycles. The van der Waals surface area contributed by atoms with E-state index in [4.69, 9.17) is 0 Å². The van der Waals surface area contributed by atoms with Crippen molar-refractivity contribution in [1.29, 1.82) is 0 Å². The maximum Gasteiger partial charge on any atom is 0.272 e. The molecule has 4 rings (SSSR count). The highest BCUT2D eigenvalue weighted by atomic mass is 16.2. The van der Waals surface area contributed by atoms with Crippen LogP contribution >= 0.6 is 0 Å². The van der Waals surface area contributed by atoms with Gasteiger partial charge in [-0.2, -0.15) is 10.2 Å². The molecule has 23 heavy (non-hydrogen) atoms. The molecule has 3 aromatic rings. The van der Waals surface area contributed by atoms with Crippen molar-refractivity contribution >= 4 is 17.2 Å². The standard InChI is InChI=1S/C15H17N7O/c1-19-13(3-4-17-19)15(23)21-10-8-20(9-11-21)14-12-2-5-18-22(12)7-6-16-14/h2-7H,8-11H2,1H3. The Balaban J connectivity index is 1.50. The highest BCUT2D eigenvalue weighted by Gasteiger charge is 2.25. The second-order valence-corrected chi connectivity index (χ2v) is 5.53. The van der Waals surface area contributed by atoms with Crippen molar-refractivity contribution in [3.05, 3.63) is 42.6 Å². The summed E-state index contributed by atoms with van der Waals surface area (Å²) in [5.41, 5.74) is 1.60. The Labute approximate surface area is 132 Å². The number of amides is 1. The topological polar surface area (TPSA) is 71.6 Å². The molecule has 1 amide bonds. The van der Waals surface area contributed by atoms with E-state index in [2.05, 4.69) is 20.1 Å². The van der Waals surface area contributed by atoms with Gasteiger partial charge in [-0.3, -0.25) is 9.48 Å². The van der Waals surface area contributed by atoms with E-state index in [1.54, 1.807) is 36.4 Å². The maximum atomic E-state index is 12.5. The van der Waals surface area contributed by atoms with E-state index in [0.29, 0.717) is 18.8 Å². The fourth-order valence-corrected chi connectivity index (χ4v) is 2.95. The van der Waals surface area contributed by atoms with Crippen LogP contribution in [0.1, 0.15) is 10.5 Å². The predicted octanol–water partition coefficient (Wildman–Crippen LogP) is 0.425. The molecule has 4 heterocycles. The molecule has 0 saturated carbocycles. The Hall–Kier alpha value is -2.90. The third-order valence-electron chi connectivity index (χ3n) is 4.21. The summed E-state index contributed by atoms with van der Waals surface area (Å²) in [6, 6.07) is 3.71. The first kappa shape index (κ1) is 13.7. The van der Waals surface area contributed by atoms with Gasteiger partial charge in [-0.15, -0.1) is 0 Å². The van der Waals surface area contributed by atoms with Crippen molar-refractivity contribution in [2.45, 2.75) is 0 Å². The zero-order chi connectivity index (χ0) is 15.8. The van der Waals surface area contributed by atoms with Crippen LogP contribution in [0.2, 0.25) is 0 Å². The molecule has 0 radical (unpaired) electrons. The van der Waals surface area contributed by atoms with Crippen LogP contribution in [0.5, 0.6) is 0 Å². The maximum absolute atomic E-state index is 12.5. The summed E-state index contributed by atoms with van der Waals surface area (Å²) in [6.07, 6.45) is 7.00. The van der Waals surface area contributed by atoms with Gasteiger partial charge in [0.1, 0.15) is 11.2 Å². The van der Waals surface area contributed by atoms with E-state index < -0.39 is 0 Å². The lowest BCUT2D eigenvalue weighted by atomic mass is 10.2. The second kappa shape index (κ2) is 5.38. The molecule has 1 fully saturated rings. The summed E-state index contributed by atoms with van der Waals surface area (Å²) < 4.78 is 3.43. The Kier molecular flexibility index (Phi) is 3.22. The first-order valence-electron chi connectivity index (χ1n) is 7.54. The molecule has 0 aliphatic carbocycles. The van der Waals surface area contributed by atoms with Crippen LogP contribution in [0, 0.1) is 0 Å². The van der Waals surface area contributed by atoms with Gasteiger partial charge in [-0.05, 0) is 12.1 Å². The zero-order valence-electron chi connectivity index (χ0n) is 12.8.